The molecular formula is C44H25N3S2. The second kappa shape index (κ2) is 10.3. The van der Waals surface area contributed by atoms with Gasteiger partial charge in [0.05, 0.1) is 16.4 Å². The second-order valence-corrected chi connectivity index (χ2v) is 14.6. The van der Waals surface area contributed by atoms with E-state index in [4.69, 9.17) is 9.97 Å². The Morgan fingerprint density at radius 1 is 0.429 bits per heavy atom. The van der Waals surface area contributed by atoms with E-state index >= 15 is 0 Å². The van der Waals surface area contributed by atoms with Gasteiger partial charge in [0.15, 0.2) is 11.6 Å². The van der Waals surface area contributed by atoms with Gasteiger partial charge in [-0.25, -0.2) is 9.97 Å². The fourth-order valence-electron chi connectivity index (χ4n) is 7.70. The standard InChI is InChI=1S/C44H25N3S2/c1-2-13-26(14-3-1)27-15-12-16-28(25-27)42-45-43(39-33-21-8-11-24-36(33)49-44(39)46-42)47-34-22-9-6-19-31(34)37-38-32-20-7-10-23-35(32)48-41(38)30-18-5-4-17-29(30)40(37)47/h1-25H. The monoisotopic (exact) mass is 659 g/mol. The van der Waals surface area contributed by atoms with Gasteiger partial charge in [-0.2, -0.15) is 0 Å². The Labute approximate surface area is 289 Å². The summed E-state index contributed by atoms with van der Waals surface area (Å²) in [6.45, 7) is 0. The fourth-order valence-corrected chi connectivity index (χ4v) is 10.0. The molecule has 3 nitrogen and oxygen atoms in total. The van der Waals surface area contributed by atoms with Crippen molar-refractivity contribution in [3.63, 3.8) is 0 Å². The number of rotatable bonds is 3. The van der Waals surface area contributed by atoms with Crippen LogP contribution >= 0.6 is 22.7 Å². The van der Waals surface area contributed by atoms with E-state index in [-0.39, 0.29) is 0 Å². The highest BCUT2D eigenvalue weighted by Gasteiger charge is 2.25. The van der Waals surface area contributed by atoms with E-state index in [1.165, 1.54) is 62.9 Å². The average Bonchev–Trinajstić information content (AvgIpc) is 3.85. The number of hydrogen-bond donors (Lipinski definition) is 0. The van der Waals surface area contributed by atoms with E-state index in [2.05, 4.69) is 156 Å². The minimum Gasteiger partial charge on any atom is -0.292 e. The molecule has 4 heterocycles. The van der Waals surface area contributed by atoms with Gasteiger partial charge < -0.3 is 0 Å². The van der Waals surface area contributed by atoms with Crippen LogP contribution < -0.4 is 0 Å². The maximum absolute atomic E-state index is 5.57. The summed E-state index contributed by atoms with van der Waals surface area (Å²) in [5, 5.41) is 9.90. The van der Waals surface area contributed by atoms with Gasteiger partial charge in [0.1, 0.15) is 4.83 Å². The van der Waals surface area contributed by atoms with Crippen molar-refractivity contribution in [1.82, 2.24) is 14.5 Å². The van der Waals surface area contributed by atoms with E-state index in [0.717, 1.165) is 38.5 Å². The van der Waals surface area contributed by atoms with Crippen LogP contribution in [0.2, 0.25) is 0 Å². The second-order valence-electron chi connectivity index (χ2n) is 12.5. The van der Waals surface area contributed by atoms with Gasteiger partial charge in [0.25, 0.3) is 0 Å². The van der Waals surface area contributed by atoms with E-state index < -0.39 is 0 Å². The van der Waals surface area contributed by atoms with Gasteiger partial charge in [-0.3, -0.25) is 4.57 Å². The zero-order valence-corrected chi connectivity index (χ0v) is 27.7. The Morgan fingerprint density at radius 2 is 1.04 bits per heavy atom. The zero-order valence-electron chi connectivity index (χ0n) is 26.1. The summed E-state index contributed by atoms with van der Waals surface area (Å²) in [4.78, 5) is 11.8. The van der Waals surface area contributed by atoms with Crippen molar-refractivity contribution < 1.29 is 0 Å². The molecule has 0 atom stereocenters. The SMILES string of the molecule is c1ccc(-c2cccc(-c3nc(-n4c5ccccc5c5c6c7ccccc7sc6c6ccccc6c54)c4c(n3)sc3ccccc34)c2)cc1. The summed E-state index contributed by atoms with van der Waals surface area (Å²) in [6, 6.07) is 54.4. The van der Waals surface area contributed by atoms with Gasteiger partial charge in [-0.1, -0.05) is 127 Å². The molecule has 0 saturated heterocycles. The van der Waals surface area contributed by atoms with Gasteiger partial charge in [0, 0.05) is 57.4 Å². The lowest BCUT2D eigenvalue weighted by Crippen LogP contribution is -2.02. The molecule has 0 spiro atoms. The number of fused-ring (bicyclic) bond motifs is 13. The summed E-state index contributed by atoms with van der Waals surface area (Å²) in [7, 11) is 0. The molecule has 0 aliphatic carbocycles. The molecular weight excluding hydrogens is 635 g/mol. The van der Waals surface area contributed by atoms with E-state index in [1.54, 1.807) is 11.3 Å². The minimum atomic E-state index is 0.726. The molecule has 0 unspecified atom stereocenters. The third kappa shape index (κ3) is 3.88. The van der Waals surface area contributed by atoms with Crippen LogP contribution in [0.4, 0.5) is 0 Å². The number of aromatic nitrogens is 3. The molecule has 11 aromatic rings. The molecule has 7 aromatic carbocycles. The summed E-state index contributed by atoms with van der Waals surface area (Å²) in [6.07, 6.45) is 0. The van der Waals surface area contributed by atoms with Crippen LogP contribution in [0.5, 0.6) is 0 Å². The molecule has 4 aromatic heterocycles. The molecule has 0 radical (unpaired) electrons. The van der Waals surface area contributed by atoms with Gasteiger partial charge in [0.2, 0.25) is 0 Å². The van der Waals surface area contributed by atoms with Crippen LogP contribution in [0.15, 0.2) is 152 Å². The molecule has 0 amide bonds. The Kier molecular flexibility index (Phi) is 5.70. The lowest BCUT2D eigenvalue weighted by atomic mass is 10.00. The highest BCUT2D eigenvalue weighted by molar-refractivity contribution is 7.27. The predicted molar refractivity (Wildman–Crippen MR) is 211 cm³/mol. The first-order valence-electron chi connectivity index (χ1n) is 16.4. The Morgan fingerprint density at radius 3 is 1.86 bits per heavy atom. The van der Waals surface area contributed by atoms with Crippen LogP contribution in [0.3, 0.4) is 0 Å². The first-order valence-corrected chi connectivity index (χ1v) is 18.1. The topological polar surface area (TPSA) is 30.7 Å². The van der Waals surface area contributed by atoms with Crippen molar-refractivity contribution in [2.24, 2.45) is 0 Å². The molecule has 0 aliphatic heterocycles. The van der Waals surface area contributed by atoms with Crippen molar-refractivity contribution in [2.75, 3.05) is 0 Å². The number of nitrogens with zero attached hydrogens (tertiary/aromatic N) is 3. The minimum absolute atomic E-state index is 0.726. The van der Waals surface area contributed by atoms with Crippen LogP contribution in [0.25, 0.3) is 101 Å². The summed E-state index contributed by atoms with van der Waals surface area (Å²) in [5.41, 5.74) is 5.65. The highest BCUT2D eigenvalue weighted by atomic mass is 32.1. The molecule has 0 bridgehead atoms. The number of benzene rings is 7. The Hall–Kier alpha value is -5.88. The summed E-state index contributed by atoms with van der Waals surface area (Å²) in [5.74, 6) is 1.64. The molecule has 0 saturated carbocycles. The van der Waals surface area contributed by atoms with Crippen molar-refractivity contribution in [3.8, 4) is 28.3 Å². The molecule has 0 N–H and O–H groups in total. The van der Waals surface area contributed by atoms with Crippen molar-refractivity contribution in [2.45, 2.75) is 0 Å². The molecule has 5 heteroatoms. The van der Waals surface area contributed by atoms with Crippen LogP contribution in [0, 0.1) is 0 Å². The third-order valence-corrected chi connectivity index (χ3v) is 12.1. The van der Waals surface area contributed by atoms with Crippen LogP contribution in [-0.2, 0) is 0 Å². The highest BCUT2D eigenvalue weighted by Crippen LogP contribution is 2.49. The van der Waals surface area contributed by atoms with Crippen LogP contribution in [0.1, 0.15) is 0 Å². The predicted octanol–water partition coefficient (Wildman–Crippen LogP) is 12.8. The van der Waals surface area contributed by atoms with Gasteiger partial charge in [-0.15, -0.1) is 22.7 Å². The maximum Gasteiger partial charge on any atom is 0.163 e. The largest absolute Gasteiger partial charge is 0.292 e. The Balaban J connectivity index is 1.34. The zero-order chi connectivity index (χ0) is 32.1. The number of thiophene rings is 2. The lowest BCUT2D eigenvalue weighted by molar-refractivity contribution is 1.08. The molecule has 11 rings (SSSR count). The fraction of sp³-hybridized carbons (Fsp3) is 0. The van der Waals surface area contributed by atoms with Crippen molar-refractivity contribution >= 4 is 95.7 Å². The van der Waals surface area contributed by atoms with E-state index in [1.807, 2.05) is 11.3 Å². The van der Waals surface area contributed by atoms with Crippen molar-refractivity contribution in [3.05, 3.63) is 152 Å². The molecule has 228 valence electrons. The number of hydrogen-bond acceptors (Lipinski definition) is 4. The van der Waals surface area contributed by atoms with Gasteiger partial charge in [-0.05, 0) is 35.4 Å². The number of para-hydroxylation sites is 1. The molecule has 0 aliphatic rings. The molecule has 49 heavy (non-hydrogen) atoms. The summed E-state index contributed by atoms with van der Waals surface area (Å²) < 4.78 is 6.28. The first kappa shape index (κ1) is 27.1. The van der Waals surface area contributed by atoms with Crippen LogP contribution in [-0.4, -0.2) is 14.5 Å². The van der Waals surface area contributed by atoms with E-state index in [9.17, 15) is 0 Å². The molecule has 0 fully saturated rings. The summed E-state index contributed by atoms with van der Waals surface area (Å²) >= 11 is 3.63. The van der Waals surface area contributed by atoms with Gasteiger partial charge >= 0.3 is 0 Å². The van der Waals surface area contributed by atoms with Crippen molar-refractivity contribution in [1.29, 1.82) is 0 Å². The quantitative estimate of drug-likeness (QED) is 0.189. The maximum atomic E-state index is 5.57. The average molecular weight is 660 g/mol. The lowest BCUT2D eigenvalue weighted by Gasteiger charge is -2.13. The Bertz CT molecular complexity index is 3110. The van der Waals surface area contributed by atoms with E-state index in [0.29, 0.717) is 0 Å². The first-order chi connectivity index (χ1) is 24.3. The smallest absolute Gasteiger partial charge is 0.163 e. The normalized spacial score (nSPS) is 12.1. The third-order valence-electron chi connectivity index (χ3n) is 9.81.